The highest BCUT2D eigenvalue weighted by Gasteiger charge is 2.24. The first-order valence-corrected chi connectivity index (χ1v) is 6.77. The zero-order valence-corrected chi connectivity index (χ0v) is 11.1. The first-order valence-electron chi connectivity index (χ1n) is 6.77. The van der Waals surface area contributed by atoms with Crippen molar-refractivity contribution < 1.29 is 0 Å². The van der Waals surface area contributed by atoms with Crippen LogP contribution in [0.3, 0.4) is 0 Å². The summed E-state index contributed by atoms with van der Waals surface area (Å²) in [6.45, 7) is 0.851. The molecule has 3 heteroatoms. The highest BCUT2D eigenvalue weighted by molar-refractivity contribution is 5.84. The van der Waals surface area contributed by atoms with Gasteiger partial charge in [0.25, 0.3) is 0 Å². The summed E-state index contributed by atoms with van der Waals surface area (Å²) in [5.74, 6) is 0.294. The van der Waals surface area contributed by atoms with Gasteiger partial charge in [-0.1, -0.05) is 43.2 Å². The lowest BCUT2D eigenvalue weighted by molar-refractivity contribution is 0.243. The molecule has 0 radical (unpaired) electrons. The molecular formula is C15H23N3. The molecule has 0 amide bonds. The van der Waals surface area contributed by atoms with Crippen molar-refractivity contribution in [3.63, 3.8) is 0 Å². The van der Waals surface area contributed by atoms with Crippen LogP contribution >= 0.6 is 0 Å². The van der Waals surface area contributed by atoms with Gasteiger partial charge in [-0.05, 0) is 25.5 Å². The second-order valence-electron chi connectivity index (χ2n) is 5.30. The number of hydrogen-bond acceptors (Lipinski definition) is 2. The van der Waals surface area contributed by atoms with E-state index in [0.717, 1.165) is 12.1 Å². The number of nitrogens with one attached hydrogen (secondary N) is 1. The third kappa shape index (κ3) is 3.10. The van der Waals surface area contributed by atoms with Crippen LogP contribution in [-0.4, -0.2) is 30.4 Å². The minimum Gasteiger partial charge on any atom is -0.387 e. The van der Waals surface area contributed by atoms with E-state index in [2.05, 4.69) is 24.1 Å². The van der Waals surface area contributed by atoms with Crippen molar-refractivity contribution in [2.24, 2.45) is 5.73 Å². The van der Waals surface area contributed by atoms with Crippen LogP contribution in [0, 0.1) is 5.41 Å². The van der Waals surface area contributed by atoms with Gasteiger partial charge >= 0.3 is 0 Å². The average molecular weight is 245 g/mol. The largest absolute Gasteiger partial charge is 0.387 e. The van der Waals surface area contributed by atoms with E-state index in [0.29, 0.717) is 6.04 Å². The number of benzene rings is 1. The Bertz CT molecular complexity index is 382. The van der Waals surface area contributed by atoms with Crippen LogP contribution in [0.25, 0.3) is 0 Å². The van der Waals surface area contributed by atoms with Crippen LogP contribution in [0.15, 0.2) is 30.3 Å². The molecule has 0 saturated heterocycles. The van der Waals surface area contributed by atoms with Gasteiger partial charge in [0, 0.05) is 12.6 Å². The zero-order chi connectivity index (χ0) is 13.0. The van der Waals surface area contributed by atoms with Crippen LogP contribution in [0.1, 0.15) is 37.2 Å². The van der Waals surface area contributed by atoms with Crippen molar-refractivity contribution in [2.45, 2.75) is 37.6 Å². The van der Waals surface area contributed by atoms with E-state index in [9.17, 15) is 0 Å². The predicted octanol–water partition coefficient (Wildman–Crippen LogP) is 2.58. The highest BCUT2D eigenvalue weighted by Crippen LogP contribution is 2.25. The molecule has 1 unspecified atom stereocenters. The van der Waals surface area contributed by atoms with Crippen LogP contribution in [0.4, 0.5) is 0 Å². The molecule has 0 bridgehead atoms. The summed E-state index contributed by atoms with van der Waals surface area (Å²) in [5, 5.41) is 7.80. The molecule has 0 aliphatic heterocycles. The fourth-order valence-electron chi connectivity index (χ4n) is 2.85. The summed E-state index contributed by atoms with van der Waals surface area (Å²) in [7, 11) is 2.16. The molecule has 3 nitrogen and oxygen atoms in total. The summed E-state index contributed by atoms with van der Waals surface area (Å²) in [4.78, 5) is 2.38. The second-order valence-corrected chi connectivity index (χ2v) is 5.30. The Morgan fingerprint density at radius 2 is 1.94 bits per heavy atom. The van der Waals surface area contributed by atoms with Gasteiger partial charge in [0.2, 0.25) is 0 Å². The molecule has 1 saturated carbocycles. The third-order valence-electron chi connectivity index (χ3n) is 4.00. The second kappa shape index (κ2) is 6.01. The highest BCUT2D eigenvalue weighted by atomic mass is 15.1. The summed E-state index contributed by atoms with van der Waals surface area (Å²) in [6.07, 6.45) is 5.25. The van der Waals surface area contributed by atoms with Crippen LogP contribution in [0.2, 0.25) is 0 Å². The molecule has 2 rings (SSSR count). The number of amidine groups is 1. The van der Waals surface area contributed by atoms with Gasteiger partial charge in [-0.2, -0.15) is 0 Å². The van der Waals surface area contributed by atoms with Crippen molar-refractivity contribution in [2.75, 3.05) is 13.6 Å². The van der Waals surface area contributed by atoms with Gasteiger partial charge < -0.3 is 10.6 Å². The molecule has 1 aromatic carbocycles. The molecule has 0 spiro atoms. The summed E-state index contributed by atoms with van der Waals surface area (Å²) in [5.41, 5.74) is 6.92. The summed E-state index contributed by atoms with van der Waals surface area (Å²) < 4.78 is 0. The van der Waals surface area contributed by atoms with Gasteiger partial charge in [-0.25, -0.2) is 0 Å². The molecule has 1 aliphatic carbocycles. The summed E-state index contributed by atoms with van der Waals surface area (Å²) in [6, 6.07) is 10.8. The van der Waals surface area contributed by atoms with Crippen LogP contribution in [-0.2, 0) is 0 Å². The van der Waals surface area contributed by atoms with E-state index in [1.165, 1.54) is 25.7 Å². The lowest BCUT2D eigenvalue weighted by atomic mass is 9.97. The normalized spacial score (nSPS) is 18.1. The fourth-order valence-corrected chi connectivity index (χ4v) is 2.85. The number of hydrogen-bond donors (Lipinski definition) is 2. The van der Waals surface area contributed by atoms with E-state index >= 15 is 0 Å². The van der Waals surface area contributed by atoms with Gasteiger partial charge in [0.15, 0.2) is 0 Å². The Labute approximate surface area is 109 Å². The van der Waals surface area contributed by atoms with E-state index in [4.69, 9.17) is 11.1 Å². The molecule has 18 heavy (non-hydrogen) atoms. The number of rotatable bonds is 5. The Kier molecular flexibility index (Phi) is 4.37. The maximum Gasteiger partial charge on any atom is 0.0995 e. The van der Waals surface area contributed by atoms with Gasteiger partial charge in [0.05, 0.1) is 11.8 Å². The van der Waals surface area contributed by atoms with Crippen LogP contribution < -0.4 is 5.73 Å². The molecule has 1 fully saturated rings. The van der Waals surface area contributed by atoms with Crippen LogP contribution in [0.5, 0.6) is 0 Å². The minimum absolute atomic E-state index is 0.0248. The lowest BCUT2D eigenvalue weighted by Gasteiger charge is -2.28. The molecular weight excluding hydrogens is 222 g/mol. The topological polar surface area (TPSA) is 53.1 Å². The Balaban J connectivity index is 2.04. The van der Waals surface area contributed by atoms with E-state index in [-0.39, 0.29) is 11.8 Å². The Morgan fingerprint density at radius 3 is 2.50 bits per heavy atom. The van der Waals surface area contributed by atoms with Gasteiger partial charge in [-0.3, -0.25) is 5.41 Å². The van der Waals surface area contributed by atoms with Gasteiger partial charge in [0.1, 0.15) is 0 Å². The monoisotopic (exact) mass is 245 g/mol. The van der Waals surface area contributed by atoms with Gasteiger partial charge in [-0.15, -0.1) is 0 Å². The van der Waals surface area contributed by atoms with E-state index in [1.54, 1.807) is 0 Å². The molecule has 98 valence electrons. The van der Waals surface area contributed by atoms with Crippen molar-refractivity contribution in [1.29, 1.82) is 5.41 Å². The molecule has 3 N–H and O–H groups in total. The average Bonchev–Trinajstić information content (AvgIpc) is 2.90. The van der Waals surface area contributed by atoms with E-state index in [1.807, 2.05) is 18.2 Å². The fraction of sp³-hybridized carbons (Fsp3) is 0.533. The maximum absolute atomic E-state index is 7.80. The molecule has 1 aliphatic rings. The summed E-state index contributed by atoms with van der Waals surface area (Å²) >= 11 is 0. The smallest absolute Gasteiger partial charge is 0.0995 e. The predicted molar refractivity (Wildman–Crippen MR) is 76.0 cm³/mol. The quantitative estimate of drug-likeness (QED) is 0.619. The van der Waals surface area contributed by atoms with Crippen molar-refractivity contribution in [3.05, 3.63) is 35.9 Å². The standard InChI is InChI=1S/C15H23N3/c1-18(13-9-5-6-10-13)11-14(15(16)17)12-7-3-2-4-8-12/h2-4,7-8,13-14H,5-6,9-11H2,1H3,(H3,16,17). The van der Waals surface area contributed by atoms with Crippen molar-refractivity contribution in [1.82, 2.24) is 4.90 Å². The van der Waals surface area contributed by atoms with E-state index < -0.39 is 0 Å². The Morgan fingerprint density at radius 1 is 1.33 bits per heavy atom. The SMILES string of the molecule is CN(CC(C(=N)N)c1ccccc1)C1CCCC1. The number of nitrogens with zero attached hydrogens (tertiary/aromatic N) is 1. The zero-order valence-electron chi connectivity index (χ0n) is 11.1. The number of nitrogens with two attached hydrogens (primary N) is 1. The maximum atomic E-state index is 7.80. The van der Waals surface area contributed by atoms with Crippen molar-refractivity contribution >= 4 is 5.84 Å². The molecule has 1 aromatic rings. The lowest BCUT2D eigenvalue weighted by Crippen LogP contribution is -2.37. The Hall–Kier alpha value is -1.35. The molecule has 0 aromatic heterocycles. The number of likely N-dealkylation sites (N-methyl/N-ethyl adjacent to an activating group) is 1. The first kappa shape index (κ1) is 13.1. The van der Waals surface area contributed by atoms with Crippen molar-refractivity contribution in [3.8, 4) is 0 Å². The molecule has 1 atom stereocenters. The first-order chi connectivity index (χ1) is 8.68. The minimum atomic E-state index is 0.0248. The molecule has 0 heterocycles. The third-order valence-corrected chi connectivity index (χ3v) is 4.00.